The maximum atomic E-state index is 13.2. The fraction of sp³-hybridized carbons (Fsp3) is 0.188. The van der Waals surface area contributed by atoms with Crippen molar-refractivity contribution in [1.29, 1.82) is 0 Å². The van der Waals surface area contributed by atoms with Crippen LogP contribution in [0.3, 0.4) is 0 Å². The molecule has 2 aromatic carbocycles. The van der Waals surface area contributed by atoms with E-state index in [4.69, 9.17) is 11.6 Å². The highest BCUT2D eigenvalue weighted by Crippen LogP contribution is 2.23. The number of carbonyl (C=O) groups excluding carboxylic acids is 1. The van der Waals surface area contributed by atoms with Crippen LogP contribution in [0.1, 0.15) is 23.2 Å². The Kier molecular flexibility index (Phi) is 4.47. The molecule has 1 amide bonds. The van der Waals surface area contributed by atoms with Crippen LogP contribution in [-0.2, 0) is 10.0 Å². The Balaban J connectivity index is 1.81. The van der Waals surface area contributed by atoms with Gasteiger partial charge in [0.15, 0.2) is 0 Å². The zero-order valence-electron chi connectivity index (χ0n) is 12.4. The Bertz CT molecular complexity index is 898. The van der Waals surface area contributed by atoms with Crippen LogP contribution in [0, 0.1) is 5.82 Å². The Hall–Kier alpha value is -2.12. The van der Waals surface area contributed by atoms with Crippen molar-refractivity contribution in [3.63, 3.8) is 0 Å². The molecule has 2 N–H and O–H groups in total. The molecule has 1 fully saturated rings. The molecule has 24 heavy (non-hydrogen) atoms. The van der Waals surface area contributed by atoms with Crippen molar-refractivity contribution in [2.45, 2.75) is 23.8 Å². The SMILES string of the molecule is O=C(NC1CC1)c1cccc(NS(=O)(=O)c2ccc(F)c(Cl)c2)c1. The minimum atomic E-state index is -3.94. The molecule has 5 nitrogen and oxygen atoms in total. The van der Waals surface area contributed by atoms with E-state index in [2.05, 4.69) is 10.0 Å². The number of halogens is 2. The molecule has 0 radical (unpaired) electrons. The van der Waals surface area contributed by atoms with Crippen molar-refractivity contribution >= 4 is 33.2 Å². The van der Waals surface area contributed by atoms with Gasteiger partial charge in [0.2, 0.25) is 0 Å². The highest BCUT2D eigenvalue weighted by molar-refractivity contribution is 7.92. The molecule has 0 spiro atoms. The Morgan fingerprint density at radius 3 is 2.58 bits per heavy atom. The lowest BCUT2D eigenvalue weighted by molar-refractivity contribution is 0.0951. The Morgan fingerprint density at radius 2 is 1.92 bits per heavy atom. The molecule has 1 aliphatic carbocycles. The minimum absolute atomic E-state index is 0.165. The van der Waals surface area contributed by atoms with Crippen molar-refractivity contribution in [1.82, 2.24) is 5.32 Å². The van der Waals surface area contributed by atoms with E-state index in [9.17, 15) is 17.6 Å². The molecule has 0 heterocycles. The second kappa shape index (κ2) is 6.41. The third kappa shape index (κ3) is 3.85. The van der Waals surface area contributed by atoms with Crippen molar-refractivity contribution in [2.24, 2.45) is 0 Å². The quantitative estimate of drug-likeness (QED) is 0.851. The van der Waals surface area contributed by atoms with E-state index in [1.165, 1.54) is 12.1 Å². The highest BCUT2D eigenvalue weighted by Gasteiger charge is 2.24. The van der Waals surface area contributed by atoms with E-state index in [0.717, 1.165) is 31.0 Å². The second-order valence-corrected chi connectivity index (χ2v) is 7.60. The van der Waals surface area contributed by atoms with E-state index in [0.29, 0.717) is 5.56 Å². The third-order valence-corrected chi connectivity index (χ3v) is 5.16. The summed E-state index contributed by atoms with van der Waals surface area (Å²) in [5.41, 5.74) is 0.595. The number of sulfonamides is 1. The van der Waals surface area contributed by atoms with Crippen molar-refractivity contribution in [2.75, 3.05) is 4.72 Å². The maximum absolute atomic E-state index is 13.2. The van der Waals surface area contributed by atoms with E-state index in [1.54, 1.807) is 12.1 Å². The standard InChI is InChI=1S/C16H14ClFN2O3S/c17-14-9-13(6-7-15(14)18)24(22,23)20-12-3-1-2-10(8-12)16(21)19-11-4-5-11/h1-3,6-9,11,20H,4-5H2,(H,19,21). The molecule has 3 rings (SSSR count). The number of hydrogen-bond donors (Lipinski definition) is 2. The first-order valence-corrected chi connectivity index (χ1v) is 9.10. The molecule has 0 saturated heterocycles. The van der Waals surface area contributed by atoms with Gasteiger partial charge in [-0.15, -0.1) is 0 Å². The summed E-state index contributed by atoms with van der Waals surface area (Å²) >= 11 is 5.62. The molecule has 2 aromatic rings. The first-order chi connectivity index (χ1) is 11.3. The predicted molar refractivity (Wildman–Crippen MR) is 89.1 cm³/mol. The normalized spacial score (nSPS) is 14.2. The van der Waals surface area contributed by atoms with Crippen LogP contribution >= 0.6 is 11.6 Å². The topological polar surface area (TPSA) is 75.3 Å². The molecular weight excluding hydrogens is 355 g/mol. The van der Waals surface area contributed by atoms with Gasteiger partial charge >= 0.3 is 0 Å². The molecule has 0 bridgehead atoms. The van der Waals surface area contributed by atoms with Crippen LogP contribution in [-0.4, -0.2) is 20.4 Å². The number of benzene rings is 2. The van der Waals surface area contributed by atoms with Crippen LogP contribution in [0.25, 0.3) is 0 Å². The minimum Gasteiger partial charge on any atom is -0.349 e. The fourth-order valence-electron chi connectivity index (χ4n) is 2.08. The van der Waals surface area contributed by atoms with Gasteiger partial charge in [-0.3, -0.25) is 9.52 Å². The zero-order valence-corrected chi connectivity index (χ0v) is 14.0. The van der Waals surface area contributed by atoms with Crippen LogP contribution in [0.15, 0.2) is 47.4 Å². The number of hydrogen-bond acceptors (Lipinski definition) is 3. The van der Waals surface area contributed by atoms with Gasteiger partial charge in [-0.2, -0.15) is 0 Å². The van der Waals surface area contributed by atoms with Gasteiger partial charge in [-0.25, -0.2) is 12.8 Å². The van der Waals surface area contributed by atoms with Gasteiger partial charge in [0, 0.05) is 17.3 Å². The summed E-state index contributed by atoms with van der Waals surface area (Å²) in [5, 5.41) is 2.55. The number of rotatable bonds is 5. The molecule has 126 valence electrons. The molecule has 0 aliphatic heterocycles. The van der Waals surface area contributed by atoms with E-state index in [-0.39, 0.29) is 27.6 Å². The smallest absolute Gasteiger partial charge is 0.261 e. The van der Waals surface area contributed by atoms with Gasteiger partial charge in [0.1, 0.15) is 5.82 Å². The summed E-state index contributed by atoms with van der Waals surface area (Å²) in [5.74, 6) is -0.947. The van der Waals surface area contributed by atoms with Crippen LogP contribution in [0.4, 0.5) is 10.1 Å². The molecule has 8 heteroatoms. The lowest BCUT2D eigenvalue weighted by Crippen LogP contribution is -2.25. The lowest BCUT2D eigenvalue weighted by atomic mass is 10.2. The van der Waals surface area contributed by atoms with Crippen molar-refractivity contribution in [3.05, 3.63) is 58.9 Å². The van der Waals surface area contributed by atoms with Gasteiger partial charge in [0.05, 0.1) is 9.92 Å². The van der Waals surface area contributed by atoms with Crippen LogP contribution in [0.2, 0.25) is 5.02 Å². The van der Waals surface area contributed by atoms with E-state index in [1.807, 2.05) is 0 Å². The first kappa shape index (κ1) is 16.7. The molecule has 0 aromatic heterocycles. The van der Waals surface area contributed by atoms with Crippen molar-refractivity contribution < 1.29 is 17.6 Å². The number of anilines is 1. The Labute approximate surface area is 143 Å². The van der Waals surface area contributed by atoms with Crippen molar-refractivity contribution in [3.8, 4) is 0 Å². The highest BCUT2D eigenvalue weighted by atomic mass is 35.5. The zero-order chi connectivity index (χ0) is 17.3. The van der Waals surface area contributed by atoms with E-state index < -0.39 is 15.8 Å². The molecule has 0 unspecified atom stereocenters. The number of carbonyl (C=O) groups is 1. The maximum Gasteiger partial charge on any atom is 0.261 e. The summed E-state index contributed by atoms with van der Waals surface area (Å²) < 4.78 is 40.2. The summed E-state index contributed by atoms with van der Waals surface area (Å²) in [6.07, 6.45) is 1.92. The Morgan fingerprint density at radius 1 is 1.17 bits per heavy atom. The van der Waals surface area contributed by atoms with Crippen LogP contribution in [0.5, 0.6) is 0 Å². The average Bonchev–Trinajstić information content (AvgIpc) is 3.33. The van der Waals surface area contributed by atoms with E-state index >= 15 is 0 Å². The summed E-state index contributed by atoms with van der Waals surface area (Å²) in [4.78, 5) is 11.9. The lowest BCUT2D eigenvalue weighted by Gasteiger charge is -2.10. The molecule has 1 saturated carbocycles. The van der Waals surface area contributed by atoms with Gasteiger partial charge in [-0.1, -0.05) is 17.7 Å². The molecular formula is C16H14ClFN2O3S. The average molecular weight is 369 g/mol. The van der Waals surface area contributed by atoms with Gasteiger partial charge in [0.25, 0.3) is 15.9 Å². The van der Waals surface area contributed by atoms with Gasteiger partial charge < -0.3 is 5.32 Å². The molecule has 0 atom stereocenters. The third-order valence-electron chi connectivity index (χ3n) is 3.49. The molecule has 1 aliphatic rings. The summed E-state index contributed by atoms with van der Waals surface area (Å²) in [7, 11) is -3.94. The number of amides is 1. The summed E-state index contributed by atoms with van der Waals surface area (Å²) in [6, 6.07) is 9.49. The predicted octanol–water partition coefficient (Wildman–Crippen LogP) is 3.17. The fourth-order valence-corrected chi connectivity index (χ4v) is 3.40. The summed E-state index contributed by atoms with van der Waals surface area (Å²) in [6.45, 7) is 0. The first-order valence-electron chi connectivity index (χ1n) is 7.24. The van der Waals surface area contributed by atoms with Gasteiger partial charge in [-0.05, 0) is 49.2 Å². The largest absolute Gasteiger partial charge is 0.349 e. The monoisotopic (exact) mass is 368 g/mol. The second-order valence-electron chi connectivity index (χ2n) is 5.51. The van der Waals surface area contributed by atoms with Crippen LogP contribution < -0.4 is 10.0 Å². The number of nitrogens with one attached hydrogen (secondary N) is 2.